The third kappa shape index (κ3) is 3.61. The Morgan fingerprint density at radius 2 is 2.10 bits per heavy atom. The van der Waals surface area contributed by atoms with Crippen LogP contribution in [0.5, 0.6) is 0 Å². The molecule has 20 heavy (non-hydrogen) atoms. The van der Waals surface area contributed by atoms with Gasteiger partial charge in [0.1, 0.15) is 6.04 Å². The van der Waals surface area contributed by atoms with E-state index in [1.54, 1.807) is 0 Å². The van der Waals surface area contributed by atoms with Crippen LogP contribution < -0.4 is 5.32 Å². The Morgan fingerprint density at radius 1 is 1.40 bits per heavy atom. The summed E-state index contributed by atoms with van der Waals surface area (Å²) < 4.78 is 0.765. The molecule has 0 radical (unpaired) electrons. The van der Waals surface area contributed by atoms with Crippen molar-refractivity contribution in [3.05, 3.63) is 33.8 Å². The van der Waals surface area contributed by atoms with E-state index in [1.165, 1.54) is 6.42 Å². The third-order valence-corrected chi connectivity index (χ3v) is 4.60. The van der Waals surface area contributed by atoms with Crippen molar-refractivity contribution in [1.82, 2.24) is 5.32 Å². The summed E-state index contributed by atoms with van der Waals surface area (Å²) in [5.74, 6) is 0.124. The van der Waals surface area contributed by atoms with Crippen LogP contribution in [0.1, 0.15) is 48.0 Å². The number of nitriles is 1. The van der Waals surface area contributed by atoms with E-state index < -0.39 is 0 Å². The lowest BCUT2D eigenvalue weighted by Crippen LogP contribution is -2.40. The minimum Gasteiger partial charge on any atom is -0.336 e. The first-order chi connectivity index (χ1) is 9.61. The zero-order valence-corrected chi connectivity index (χ0v) is 13.2. The number of benzene rings is 1. The molecule has 1 aliphatic carbocycles. The van der Waals surface area contributed by atoms with E-state index in [1.807, 2.05) is 25.1 Å². The molecule has 0 saturated heterocycles. The number of hydrogen-bond donors (Lipinski definition) is 1. The Kier molecular flexibility index (Phi) is 5.19. The van der Waals surface area contributed by atoms with E-state index in [0.717, 1.165) is 35.7 Å². The Balaban J connectivity index is 2.09. The monoisotopic (exact) mass is 334 g/mol. The van der Waals surface area contributed by atoms with Gasteiger partial charge in [0.05, 0.1) is 11.6 Å². The highest BCUT2D eigenvalue weighted by atomic mass is 79.9. The van der Waals surface area contributed by atoms with Crippen molar-refractivity contribution in [2.45, 2.75) is 45.1 Å². The first-order valence-electron chi connectivity index (χ1n) is 7.08. The smallest absolute Gasteiger partial charge is 0.253 e. The second-order valence-electron chi connectivity index (χ2n) is 5.46. The molecule has 0 spiro atoms. The van der Waals surface area contributed by atoms with Crippen LogP contribution in [-0.2, 0) is 0 Å². The molecular formula is C16H19BrN2O. The molecule has 0 aliphatic heterocycles. The first-order valence-corrected chi connectivity index (χ1v) is 7.87. The number of rotatable bonds is 3. The quantitative estimate of drug-likeness (QED) is 0.909. The molecule has 3 nitrogen and oxygen atoms in total. The SMILES string of the molecule is Cc1ccc(Br)c(C(=O)NC(C#N)C2CCCCC2)c1. The van der Waals surface area contributed by atoms with Gasteiger partial charge in [-0.3, -0.25) is 4.79 Å². The Labute approximate surface area is 128 Å². The first kappa shape index (κ1) is 15.1. The minimum absolute atomic E-state index is 0.169. The van der Waals surface area contributed by atoms with E-state index in [-0.39, 0.29) is 11.9 Å². The molecule has 0 bridgehead atoms. The fourth-order valence-corrected chi connectivity index (χ4v) is 3.18. The summed E-state index contributed by atoms with van der Waals surface area (Å²) in [5, 5.41) is 12.2. The van der Waals surface area contributed by atoms with Crippen LogP contribution in [0.3, 0.4) is 0 Å². The Bertz CT molecular complexity index is 530. The van der Waals surface area contributed by atoms with Gasteiger partial charge in [-0.15, -0.1) is 0 Å². The zero-order valence-electron chi connectivity index (χ0n) is 11.7. The molecule has 1 aliphatic rings. The summed E-state index contributed by atoms with van der Waals surface area (Å²) in [6.45, 7) is 1.95. The van der Waals surface area contributed by atoms with Gasteiger partial charge in [0.25, 0.3) is 5.91 Å². The van der Waals surface area contributed by atoms with Crippen LogP contribution in [-0.4, -0.2) is 11.9 Å². The highest BCUT2D eigenvalue weighted by molar-refractivity contribution is 9.10. The average Bonchev–Trinajstić information content (AvgIpc) is 2.48. The largest absolute Gasteiger partial charge is 0.336 e. The average molecular weight is 335 g/mol. The van der Waals surface area contributed by atoms with E-state index in [0.29, 0.717) is 11.5 Å². The van der Waals surface area contributed by atoms with Gasteiger partial charge in [0.2, 0.25) is 0 Å². The number of nitrogens with zero attached hydrogens (tertiary/aromatic N) is 1. The van der Waals surface area contributed by atoms with Crippen LogP contribution in [0, 0.1) is 24.2 Å². The van der Waals surface area contributed by atoms with Gasteiger partial charge in [0, 0.05) is 4.47 Å². The van der Waals surface area contributed by atoms with Crippen molar-refractivity contribution in [2.75, 3.05) is 0 Å². The second-order valence-corrected chi connectivity index (χ2v) is 6.32. The maximum atomic E-state index is 12.3. The molecule has 2 rings (SSSR count). The van der Waals surface area contributed by atoms with Crippen LogP contribution in [0.2, 0.25) is 0 Å². The molecule has 1 atom stereocenters. The summed E-state index contributed by atoms with van der Waals surface area (Å²) in [6.07, 6.45) is 5.63. The Morgan fingerprint density at radius 3 is 2.75 bits per heavy atom. The van der Waals surface area contributed by atoms with Gasteiger partial charge in [-0.05, 0) is 53.7 Å². The van der Waals surface area contributed by atoms with Gasteiger partial charge in [-0.25, -0.2) is 0 Å². The van der Waals surface area contributed by atoms with E-state index in [4.69, 9.17) is 0 Å². The Hall–Kier alpha value is -1.34. The molecule has 4 heteroatoms. The molecule has 1 saturated carbocycles. The number of aryl methyl sites for hydroxylation is 1. The molecule has 1 fully saturated rings. The molecule has 0 heterocycles. The zero-order chi connectivity index (χ0) is 14.5. The van der Waals surface area contributed by atoms with Gasteiger partial charge >= 0.3 is 0 Å². The van der Waals surface area contributed by atoms with Gasteiger partial charge in [-0.2, -0.15) is 5.26 Å². The van der Waals surface area contributed by atoms with Crippen molar-refractivity contribution in [1.29, 1.82) is 5.26 Å². The number of carbonyl (C=O) groups excluding carboxylic acids is 1. The maximum Gasteiger partial charge on any atom is 0.253 e. The van der Waals surface area contributed by atoms with E-state index in [9.17, 15) is 10.1 Å². The molecule has 0 aromatic heterocycles. The van der Waals surface area contributed by atoms with Crippen molar-refractivity contribution < 1.29 is 4.79 Å². The number of nitrogens with one attached hydrogen (secondary N) is 1. The van der Waals surface area contributed by atoms with Crippen molar-refractivity contribution in [3.63, 3.8) is 0 Å². The summed E-state index contributed by atoms with van der Waals surface area (Å²) >= 11 is 3.40. The highest BCUT2D eigenvalue weighted by Gasteiger charge is 2.25. The van der Waals surface area contributed by atoms with Crippen molar-refractivity contribution in [2.24, 2.45) is 5.92 Å². The summed E-state index contributed by atoms with van der Waals surface area (Å²) in [4.78, 5) is 12.3. The fourth-order valence-electron chi connectivity index (χ4n) is 2.76. The van der Waals surface area contributed by atoms with Crippen LogP contribution in [0.25, 0.3) is 0 Å². The summed E-state index contributed by atoms with van der Waals surface area (Å²) in [6, 6.07) is 7.54. The lowest BCUT2D eigenvalue weighted by atomic mass is 9.84. The standard InChI is InChI=1S/C16H19BrN2O/c1-11-7-8-14(17)13(9-11)16(20)19-15(10-18)12-5-3-2-4-6-12/h7-9,12,15H,2-6H2,1H3,(H,19,20). The number of amides is 1. The molecule has 1 unspecified atom stereocenters. The van der Waals surface area contributed by atoms with E-state index >= 15 is 0 Å². The lowest BCUT2D eigenvalue weighted by Gasteiger charge is -2.26. The van der Waals surface area contributed by atoms with Crippen LogP contribution in [0.4, 0.5) is 0 Å². The molecule has 1 aromatic carbocycles. The number of hydrogen-bond acceptors (Lipinski definition) is 2. The number of carbonyl (C=O) groups is 1. The second kappa shape index (κ2) is 6.90. The van der Waals surface area contributed by atoms with Gasteiger partial charge in [-0.1, -0.05) is 30.9 Å². The molecule has 1 aromatic rings. The predicted molar refractivity (Wildman–Crippen MR) is 82.3 cm³/mol. The summed E-state index contributed by atoms with van der Waals surface area (Å²) in [5.41, 5.74) is 1.63. The fraction of sp³-hybridized carbons (Fsp3) is 0.500. The van der Waals surface area contributed by atoms with E-state index in [2.05, 4.69) is 27.3 Å². The maximum absolute atomic E-state index is 12.3. The molecular weight excluding hydrogens is 316 g/mol. The van der Waals surface area contributed by atoms with Crippen molar-refractivity contribution >= 4 is 21.8 Å². The lowest BCUT2D eigenvalue weighted by molar-refractivity contribution is 0.0928. The normalized spacial score (nSPS) is 17.2. The molecule has 1 N–H and O–H groups in total. The highest BCUT2D eigenvalue weighted by Crippen LogP contribution is 2.27. The molecule has 106 valence electrons. The minimum atomic E-state index is -0.379. The van der Waals surface area contributed by atoms with Crippen LogP contribution >= 0.6 is 15.9 Å². The van der Waals surface area contributed by atoms with Crippen molar-refractivity contribution in [3.8, 4) is 6.07 Å². The molecule has 1 amide bonds. The number of halogens is 1. The third-order valence-electron chi connectivity index (χ3n) is 3.91. The topological polar surface area (TPSA) is 52.9 Å². The van der Waals surface area contributed by atoms with Crippen LogP contribution in [0.15, 0.2) is 22.7 Å². The van der Waals surface area contributed by atoms with Gasteiger partial charge in [0.15, 0.2) is 0 Å². The predicted octanol–water partition coefficient (Wildman–Crippen LogP) is 3.96. The van der Waals surface area contributed by atoms with Gasteiger partial charge < -0.3 is 5.32 Å². The summed E-state index contributed by atoms with van der Waals surface area (Å²) in [7, 11) is 0.